The highest BCUT2D eigenvalue weighted by atomic mass is 35.5. The molecule has 0 fully saturated rings. The summed E-state index contributed by atoms with van der Waals surface area (Å²) in [5, 5.41) is 2.96. The van der Waals surface area contributed by atoms with Gasteiger partial charge in [0.2, 0.25) is 5.91 Å². The lowest BCUT2D eigenvalue weighted by Gasteiger charge is -2.12. The molecule has 130 valence electrons. The second-order valence-corrected chi connectivity index (χ2v) is 8.00. The van der Waals surface area contributed by atoms with Crippen molar-refractivity contribution in [3.05, 3.63) is 69.4 Å². The smallest absolute Gasteiger partial charge is 0.229 e. The topological polar surface area (TPSA) is 46.9 Å². The van der Waals surface area contributed by atoms with E-state index in [4.69, 9.17) is 11.6 Å². The van der Waals surface area contributed by atoms with E-state index in [9.17, 15) is 4.79 Å². The Morgan fingerprint density at radius 3 is 2.88 bits per heavy atom. The number of amides is 1. The van der Waals surface area contributed by atoms with Crippen molar-refractivity contribution in [3.63, 3.8) is 0 Å². The molecule has 0 saturated heterocycles. The molecule has 0 atom stereocenters. The fourth-order valence-electron chi connectivity index (χ4n) is 2.71. The molecule has 2 aromatic heterocycles. The van der Waals surface area contributed by atoms with Crippen molar-refractivity contribution in [2.24, 2.45) is 0 Å². The summed E-state index contributed by atoms with van der Waals surface area (Å²) in [5.41, 5.74) is 1.92. The van der Waals surface area contributed by atoms with Crippen LogP contribution in [0.1, 0.15) is 36.0 Å². The molecule has 0 radical (unpaired) electrons. The van der Waals surface area contributed by atoms with Gasteiger partial charge in [0.1, 0.15) is 5.82 Å². The van der Waals surface area contributed by atoms with Crippen molar-refractivity contribution in [1.29, 1.82) is 0 Å². The van der Waals surface area contributed by atoms with Crippen LogP contribution >= 0.6 is 22.9 Å². The molecule has 0 unspecified atom stereocenters. The number of carbonyl (C=O) groups is 1. The molecule has 3 aromatic rings. The van der Waals surface area contributed by atoms with Crippen molar-refractivity contribution in [3.8, 4) is 0 Å². The summed E-state index contributed by atoms with van der Waals surface area (Å²) in [6, 6.07) is 11.6. The van der Waals surface area contributed by atoms with Gasteiger partial charge in [0.15, 0.2) is 0 Å². The molecule has 6 heteroatoms. The van der Waals surface area contributed by atoms with Crippen molar-refractivity contribution >= 4 is 34.5 Å². The molecule has 0 aliphatic heterocycles. The molecular weight excluding hydrogens is 354 g/mol. The zero-order valence-corrected chi connectivity index (χ0v) is 15.8. The van der Waals surface area contributed by atoms with Crippen LogP contribution < -0.4 is 5.32 Å². The Morgan fingerprint density at radius 1 is 1.32 bits per heavy atom. The Hall–Kier alpha value is -2.11. The van der Waals surface area contributed by atoms with Gasteiger partial charge in [0.05, 0.1) is 10.8 Å². The van der Waals surface area contributed by atoms with Crippen molar-refractivity contribution in [1.82, 2.24) is 9.55 Å². The first kappa shape index (κ1) is 17.7. The first-order chi connectivity index (χ1) is 12.0. The number of imidazole rings is 1. The van der Waals surface area contributed by atoms with Crippen LogP contribution in [0.15, 0.2) is 48.8 Å². The Bertz CT molecular complexity index is 869. The minimum absolute atomic E-state index is 0.0406. The second kappa shape index (κ2) is 7.85. The highest BCUT2D eigenvalue weighted by molar-refractivity contribution is 7.16. The number of nitrogens with one attached hydrogen (secondary N) is 1. The first-order valence-electron chi connectivity index (χ1n) is 8.15. The van der Waals surface area contributed by atoms with Crippen LogP contribution in [0.5, 0.6) is 0 Å². The predicted molar refractivity (Wildman–Crippen MR) is 104 cm³/mol. The SMILES string of the molecule is CC(C)c1nccn1Cc1cccc(NC(=O)Cc2ccc(Cl)s2)c1. The summed E-state index contributed by atoms with van der Waals surface area (Å²) >= 11 is 7.34. The maximum absolute atomic E-state index is 12.2. The maximum Gasteiger partial charge on any atom is 0.229 e. The number of carbonyl (C=O) groups excluding carboxylic acids is 1. The van der Waals surface area contributed by atoms with Gasteiger partial charge in [-0.15, -0.1) is 11.3 Å². The zero-order chi connectivity index (χ0) is 17.8. The number of anilines is 1. The third-order valence-electron chi connectivity index (χ3n) is 3.79. The largest absolute Gasteiger partial charge is 0.330 e. The van der Waals surface area contributed by atoms with Crippen LogP contribution in [0, 0.1) is 0 Å². The number of thiophene rings is 1. The van der Waals surface area contributed by atoms with E-state index in [2.05, 4.69) is 34.8 Å². The van der Waals surface area contributed by atoms with Gasteiger partial charge in [-0.2, -0.15) is 0 Å². The normalized spacial score (nSPS) is 11.0. The Labute approximate surface area is 156 Å². The molecule has 0 aliphatic carbocycles. The molecule has 4 nitrogen and oxygen atoms in total. The van der Waals surface area contributed by atoms with E-state index in [1.54, 1.807) is 0 Å². The van der Waals surface area contributed by atoms with Gasteiger partial charge < -0.3 is 9.88 Å². The van der Waals surface area contributed by atoms with E-state index in [-0.39, 0.29) is 5.91 Å². The van der Waals surface area contributed by atoms with Crippen molar-refractivity contribution in [2.75, 3.05) is 5.32 Å². The molecule has 25 heavy (non-hydrogen) atoms. The monoisotopic (exact) mass is 373 g/mol. The van der Waals surface area contributed by atoms with Gasteiger partial charge in [-0.3, -0.25) is 4.79 Å². The fraction of sp³-hybridized carbons (Fsp3) is 0.263. The Morgan fingerprint density at radius 2 is 2.16 bits per heavy atom. The third-order valence-corrected chi connectivity index (χ3v) is 5.02. The lowest BCUT2D eigenvalue weighted by molar-refractivity contribution is -0.115. The summed E-state index contributed by atoms with van der Waals surface area (Å²) in [4.78, 5) is 17.6. The first-order valence-corrected chi connectivity index (χ1v) is 9.35. The average Bonchev–Trinajstić information content (AvgIpc) is 3.16. The number of aromatic nitrogens is 2. The predicted octanol–water partition coefficient (Wildman–Crippen LogP) is 4.95. The van der Waals surface area contributed by atoms with Crippen LogP contribution in [0.3, 0.4) is 0 Å². The van der Waals surface area contributed by atoms with Crippen LogP contribution in [0.4, 0.5) is 5.69 Å². The molecule has 0 spiro atoms. The highest BCUT2D eigenvalue weighted by Gasteiger charge is 2.09. The number of benzene rings is 1. The maximum atomic E-state index is 12.2. The average molecular weight is 374 g/mol. The zero-order valence-electron chi connectivity index (χ0n) is 14.2. The van der Waals surface area contributed by atoms with Crippen LogP contribution in [0.25, 0.3) is 0 Å². The number of rotatable bonds is 6. The second-order valence-electron chi connectivity index (χ2n) is 6.20. The van der Waals surface area contributed by atoms with Gasteiger partial charge in [-0.25, -0.2) is 4.98 Å². The van der Waals surface area contributed by atoms with Crippen LogP contribution in [0.2, 0.25) is 4.34 Å². The molecule has 0 aliphatic rings. The molecule has 1 N–H and O–H groups in total. The molecule has 0 saturated carbocycles. The minimum Gasteiger partial charge on any atom is -0.330 e. The Balaban J connectivity index is 1.66. The molecule has 2 heterocycles. The standard InChI is InChI=1S/C19H20ClN3OS/c1-13(2)19-21-8-9-23(19)12-14-4-3-5-15(10-14)22-18(24)11-16-6-7-17(20)25-16/h3-10,13H,11-12H2,1-2H3,(H,22,24). The summed E-state index contributed by atoms with van der Waals surface area (Å²) in [5.74, 6) is 1.39. The van der Waals surface area contributed by atoms with E-state index in [1.807, 2.05) is 42.7 Å². The van der Waals surface area contributed by atoms with Gasteiger partial charge >= 0.3 is 0 Å². The van der Waals surface area contributed by atoms with E-state index < -0.39 is 0 Å². The van der Waals surface area contributed by atoms with Crippen molar-refractivity contribution in [2.45, 2.75) is 32.7 Å². The van der Waals surface area contributed by atoms with E-state index in [0.717, 1.165) is 28.5 Å². The lowest BCUT2D eigenvalue weighted by atomic mass is 10.1. The quantitative estimate of drug-likeness (QED) is 0.664. The number of nitrogens with zero attached hydrogens (tertiary/aromatic N) is 2. The van der Waals surface area contributed by atoms with Gasteiger partial charge in [-0.1, -0.05) is 37.6 Å². The summed E-state index contributed by atoms with van der Waals surface area (Å²) < 4.78 is 2.84. The Kier molecular flexibility index (Phi) is 5.56. The highest BCUT2D eigenvalue weighted by Crippen LogP contribution is 2.22. The minimum atomic E-state index is -0.0406. The van der Waals surface area contributed by atoms with E-state index in [0.29, 0.717) is 16.7 Å². The molecule has 1 aromatic carbocycles. The van der Waals surface area contributed by atoms with Crippen molar-refractivity contribution < 1.29 is 4.79 Å². The molecule has 0 bridgehead atoms. The van der Waals surface area contributed by atoms with Gasteiger partial charge in [-0.05, 0) is 29.8 Å². The lowest BCUT2D eigenvalue weighted by Crippen LogP contribution is -2.14. The van der Waals surface area contributed by atoms with Crippen LogP contribution in [-0.4, -0.2) is 15.5 Å². The van der Waals surface area contributed by atoms with E-state index >= 15 is 0 Å². The number of hydrogen-bond acceptors (Lipinski definition) is 3. The summed E-state index contributed by atoms with van der Waals surface area (Å²) in [6.45, 7) is 5.00. The molecule has 1 amide bonds. The molecule has 3 rings (SSSR count). The summed E-state index contributed by atoms with van der Waals surface area (Å²) in [7, 11) is 0. The third kappa shape index (κ3) is 4.71. The number of halogens is 1. The number of hydrogen-bond donors (Lipinski definition) is 1. The van der Waals surface area contributed by atoms with Gasteiger partial charge in [0, 0.05) is 35.4 Å². The fourth-order valence-corrected chi connectivity index (χ4v) is 3.80. The van der Waals surface area contributed by atoms with Gasteiger partial charge in [0.25, 0.3) is 0 Å². The van der Waals surface area contributed by atoms with E-state index in [1.165, 1.54) is 11.3 Å². The summed E-state index contributed by atoms with van der Waals surface area (Å²) in [6.07, 6.45) is 4.15. The molecular formula is C19H20ClN3OS. The van der Waals surface area contributed by atoms with Crippen LogP contribution in [-0.2, 0) is 17.8 Å².